The molecule has 0 heterocycles. The molecule has 0 radical (unpaired) electrons. The summed E-state index contributed by atoms with van der Waals surface area (Å²) in [6.45, 7) is 0. The molecule has 13 heavy (non-hydrogen) atoms. The van der Waals surface area contributed by atoms with E-state index in [-0.39, 0.29) is 6.42 Å². The number of thiol groups is 1. The Bertz CT molecular complexity index is 328. The first-order chi connectivity index (χ1) is 6.13. The number of carboxylic acids is 1. The van der Waals surface area contributed by atoms with Gasteiger partial charge in [0.25, 0.3) is 0 Å². The third-order valence-electron chi connectivity index (χ3n) is 1.57. The first-order valence-electron chi connectivity index (χ1n) is 3.64. The van der Waals surface area contributed by atoms with Crippen molar-refractivity contribution in [3.05, 3.63) is 23.8 Å². The zero-order chi connectivity index (χ0) is 9.84. The van der Waals surface area contributed by atoms with Gasteiger partial charge in [-0.2, -0.15) is 0 Å². The van der Waals surface area contributed by atoms with Gasteiger partial charge in [-0.15, -0.1) is 12.6 Å². The van der Waals surface area contributed by atoms with Crippen LogP contribution in [0, 0.1) is 0 Å². The Labute approximate surface area is 81.1 Å². The largest absolute Gasteiger partial charge is 0.481 e. The van der Waals surface area contributed by atoms with Crippen LogP contribution in [0.2, 0.25) is 0 Å². The second-order valence-electron chi connectivity index (χ2n) is 2.57. The summed E-state index contributed by atoms with van der Waals surface area (Å²) in [5.41, 5.74) is 3.84. The van der Waals surface area contributed by atoms with E-state index in [0.717, 1.165) is 0 Å². The summed E-state index contributed by atoms with van der Waals surface area (Å²) in [6.07, 6.45) is -0.00158. The third kappa shape index (κ3) is 2.64. The van der Waals surface area contributed by atoms with E-state index >= 15 is 0 Å². The first kappa shape index (κ1) is 9.88. The van der Waals surface area contributed by atoms with Crippen LogP contribution in [0.4, 0.5) is 5.69 Å². The zero-order valence-electron chi connectivity index (χ0n) is 6.82. The van der Waals surface area contributed by atoms with E-state index in [9.17, 15) is 4.79 Å². The SMILES string of the molecule is NNc1ccc(CC(=O)O)cc1S. The van der Waals surface area contributed by atoms with E-state index in [1.807, 2.05) is 0 Å². The van der Waals surface area contributed by atoms with Crippen LogP contribution in [0.25, 0.3) is 0 Å². The number of hydrazine groups is 1. The van der Waals surface area contributed by atoms with Crippen molar-refractivity contribution in [2.24, 2.45) is 5.84 Å². The summed E-state index contributed by atoms with van der Waals surface area (Å²) in [5, 5.41) is 8.52. The van der Waals surface area contributed by atoms with Crippen molar-refractivity contribution < 1.29 is 9.90 Å². The van der Waals surface area contributed by atoms with Gasteiger partial charge >= 0.3 is 5.97 Å². The van der Waals surface area contributed by atoms with Gasteiger partial charge in [0.2, 0.25) is 0 Å². The maximum Gasteiger partial charge on any atom is 0.307 e. The minimum Gasteiger partial charge on any atom is -0.481 e. The molecule has 0 bridgehead atoms. The summed E-state index contributed by atoms with van der Waals surface area (Å²) in [7, 11) is 0. The average molecular weight is 198 g/mol. The molecule has 0 amide bonds. The minimum absolute atomic E-state index is 0.00158. The number of rotatable bonds is 3. The first-order valence-corrected chi connectivity index (χ1v) is 4.08. The molecule has 5 heteroatoms. The highest BCUT2D eigenvalue weighted by Crippen LogP contribution is 2.20. The fourth-order valence-electron chi connectivity index (χ4n) is 0.984. The summed E-state index contributed by atoms with van der Waals surface area (Å²) in [6, 6.07) is 5.07. The Hall–Kier alpha value is -1.20. The summed E-state index contributed by atoms with van der Waals surface area (Å²) < 4.78 is 0. The summed E-state index contributed by atoms with van der Waals surface area (Å²) in [5.74, 6) is 4.33. The zero-order valence-corrected chi connectivity index (χ0v) is 7.71. The Morgan fingerprint density at radius 3 is 2.77 bits per heavy atom. The topological polar surface area (TPSA) is 75.3 Å². The summed E-state index contributed by atoms with van der Waals surface area (Å²) in [4.78, 5) is 11.0. The lowest BCUT2D eigenvalue weighted by Crippen LogP contribution is -2.08. The van der Waals surface area contributed by atoms with Crippen molar-refractivity contribution in [2.45, 2.75) is 11.3 Å². The molecule has 0 atom stereocenters. The van der Waals surface area contributed by atoms with Crippen LogP contribution in [0.3, 0.4) is 0 Å². The molecule has 0 saturated heterocycles. The molecule has 1 rings (SSSR count). The van der Waals surface area contributed by atoms with Crippen molar-refractivity contribution in [2.75, 3.05) is 5.43 Å². The molecule has 0 aromatic heterocycles. The normalized spacial score (nSPS) is 9.69. The second-order valence-corrected chi connectivity index (χ2v) is 3.05. The van der Waals surface area contributed by atoms with E-state index in [2.05, 4.69) is 18.1 Å². The predicted molar refractivity (Wildman–Crippen MR) is 52.8 cm³/mol. The Kier molecular flexibility index (Phi) is 3.16. The molecule has 0 unspecified atom stereocenters. The molecule has 70 valence electrons. The van der Waals surface area contributed by atoms with Crippen LogP contribution in [0.1, 0.15) is 5.56 Å². The Balaban J connectivity index is 2.89. The second kappa shape index (κ2) is 4.15. The monoisotopic (exact) mass is 198 g/mol. The van der Waals surface area contributed by atoms with Gasteiger partial charge in [-0.1, -0.05) is 6.07 Å². The van der Waals surface area contributed by atoms with Gasteiger partial charge in [-0.25, -0.2) is 0 Å². The van der Waals surface area contributed by atoms with Crippen LogP contribution in [-0.2, 0) is 11.2 Å². The van der Waals surface area contributed by atoms with Crippen molar-refractivity contribution in [1.82, 2.24) is 0 Å². The quantitative estimate of drug-likeness (QED) is 0.330. The van der Waals surface area contributed by atoms with Gasteiger partial charge in [0.15, 0.2) is 0 Å². The van der Waals surface area contributed by atoms with Crippen molar-refractivity contribution in [1.29, 1.82) is 0 Å². The highest BCUT2D eigenvalue weighted by molar-refractivity contribution is 7.80. The van der Waals surface area contributed by atoms with Crippen LogP contribution in [-0.4, -0.2) is 11.1 Å². The molecule has 0 aliphatic heterocycles. The smallest absolute Gasteiger partial charge is 0.307 e. The van der Waals surface area contributed by atoms with Crippen LogP contribution in [0.15, 0.2) is 23.1 Å². The lowest BCUT2D eigenvalue weighted by Gasteiger charge is -2.05. The number of nitrogens with two attached hydrogens (primary N) is 1. The molecule has 1 aromatic carbocycles. The molecule has 4 nitrogen and oxygen atoms in total. The van der Waals surface area contributed by atoms with Gasteiger partial charge in [0, 0.05) is 4.90 Å². The number of nitrogen functional groups attached to an aromatic ring is 1. The van der Waals surface area contributed by atoms with Crippen molar-refractivity contribution in [3.63, 3.8) is 0 Å². The number of hydrogen-bond acceptors (Lipinski definition) is 4. The van der Waals surface area contributed by atoms with E-state index in [1.165, 1.54) is 0 Å². The van der Waals surface area contributed by atoms with Crippen molar-refractivity contribution >= 4 is 24.3 Å². The molecule has 0 aliphatic rings. The number of hydrogen-bond donors (Lipinski definition) is 4. The maximum absolute atomic E-state index is 10.4. The lowest BCUT2D eigenvalue weighted by molar-refractivity contribution is -0.136. The fourth-order valence-corrected chi connectivity index (χ4v) is 1.29. The number of anilines is 1. The van der Waals surface area contributed by atoms with E-state index < -0.39 is 5.97 Å². The molecule has 0 aliphatic carbocycles. The molecular formula is C8H10N2O2S. The van der Waals surface area contributed by atoms with E-state index in [4.69, 9.17) is 10.9 Å². The molecule has 1 aromatic rings. The van der Waals surface area contributed by atoms with Gasteiger partial charge in [0.05, 0.1) is 12.1 Å². The average Bonchev–Trinajstić information content (AvgIpc) is 2.03. The van der Waals surface area contributed by atoms with E-state index in [1.54, 1.807) is 18.2 Å². The van der Waals surface area contributed by atoms with Crippen molar-refractivity contribution in [3.8, 4) is 0 Å². The minimum atomic E-state index is -0.860. The number of carboxylic acid groups (broad SMARTS) is 1. The van der Waals surface area contributed by atoms with Gasteiger partial charge < -0.3 is 10.5 Å². The predicted octanol–water partition coefficient (Wildman–Crippen LogP) is 0.888. The highest BCUT2D eigenvalue weighted by Gasteiger charge is 2.02. The Morgan fingerprint density at radius 1 is 1.62 bits per heavy atom. The Morgan fingerprint density at radius 2 is 2.31 bits per heavy atom. The maximum atomic E-state index is 10.4. The number of aliphatic carboxylic acids is 1. The number of nitrogens with one attached hydrogen (secondary N) is 1. The molecule has 0 fully saturated rings. The lowest BCUT2D eigenvalue weighted by atomic mass is 10.1. The van der Waals surface area contributed by atoms with Gasteiger partial charge in [-0.3, -0.25) is 10.6 Å². The molecule has 0 saturated carbocycles. The third-order valence-corrected chi connectivity index (χ3v) is 1.94. The van der Waals surface area contributed by atoms with Crippen LogP contribution in [0.5, 0.6) is 0 Å². The van der Waals surface area contributed by atoms with Crippen LogP contribution >= 0.6 is 12.6 Å². The standard InChI is InChI=1S/C8H10N2O2S/c9-10-6-2-1-5(3-7(6)13)4-8(11)12/h1-3,10,13H,4,9H2,(H,11,12). The highest BCUT2D eigenvalue weighted by atomic mass is 32.1. The number of benzene rings is 1. The molecule has 0 spiro atoms. The number of carbonyl (C=O) groups is 1. The fraction of sp³-hybridized carbons (Fsp3) is 0.125. The van der Waals surface area contributed by atoms with Gasteiger partial charge in [0.1, 0.15) is 0 Å². The molecular weight excluding hydrogens is 188 g/mol. The van der Waals surface area contributed by atoms with Gasteiger partial charge in [-0.05, 0) is 17.7 Å². The molecule has 4 N–H and O–H groups in total. The van der Waals surface area contributed by atoms with E-state index in [0.29, 0.717) is 16.1 Å². The summed E-state index contributed by atoms with van der Waals surface area (Å²) >= 11 is 4.13. The van der Waals surface area contributed by atoms with Crippen LogP contribution < -0.4 is 11.3 Å².